The fourth-order valence-corrected chi connectivity index (χ4v) is 4.10. The molecule has 4 nitrogen and oxygen atoms in total. The minimum absolute atomic E-state index is 0.116. The lowest BCUT2D eigenvalue weighted by atomic mass is 9.72. The van der Waals surface area contributed by atoms with Crippen LogP contribution in [0.4, 0.5) is 0 Å². The minimum Gasteiger partial charge on any atom is -0.405 e. The molecule has 1 aliphatic carbocycles. The lowest BCUT2D eigenvalue weighted by Crippen LogP contribution is -2.46. The van der Waals surface area contributed by atoms with E-state index in [-0.39, 0.29) is 17.7 Å². The number of ether oxygens (including phenoxy) is 1. The molecule has 0 amide bonds. The van der Waals surface area contributed by atoms with Gasteiger partial charge in [-0.25, -0.2) is 9.79 Å². The molecule has 0 N–H and O–H groups in total. The number of hydrogen-bond acceptors (Lipinski definition) is 4. The molecular formula is C23H23NO3. The normalized spacial score (nSPS) is 25.2. The maximum Gasteiger partial charge on any atom is 0.341 e. The number of aryl methyl sites for hydroxylation is 1. The quantitative estimate of drug-likeness (QED) is 0.772. The topological polar surface area (TPSA) is 55.7 Å². The van der Waals surface area contributed by atoms with Gasteiger partial charge in [-0.2, -0.15) is 0 Å². The Morgan fingerprint density at radius 2 is 1.81 bits per heavy atom. The van der Waals surface area contributed by atoms with E-state index in [1.807, 2.05) is 61.5 Å². The number of Topliss-reactive ketones (excluding diaryl/α,β-unsaturated/α-hetero) is 1. The van der Waals surface area contributed by atoms with Crippen molar-refractivity contribution in [1.29, 1.82) is 0 Å². The first-order valence-corrected chi connectivity index (χ1v) is 9.52. The molecule has 1 saturated carbocycles. The van der Waals surface area contributed by atoms with Crippen molar-refractivity contribution < 1.29 is 14.3 Å². The molecule has 2 aliphatic rings. The lowest BCUT2D eigenvalue weighted by Gasteiger charge is -2.33. The van der Waals surface area contributed by atoms with Crippen LogP contribution in [0.25, 0.3) is 0 Å². The smallest absolute Gasteiger partial charge is 0.341 e. The first-order chi connectivity index (χ1) is 13.1. The summed E-state index contributed by atoms with van der Waals surface area (Å²) in [5, 5.41) is 0. The average Bonchev–Trinajstić information content (AvgIpc) is 3.00. The van der Waals surface area contributed by atoms with Gasteiger partial charge in [0, 0.05) is 30.7 Å². The molecule has 27 heavy (non-hydrogen) atoms. The number of nitrogens with zero attached hydrogens (tertiary/aromatic N) is 1. The van der Waals surface area contributed by atoms with Crippen LogP contribution >= 0.6 is 0 Å². The van der Waals surface area contributed by atoms with Crippen LogP contribution in [0.1, 0.15) is 42.4 Å². The van der Waals surface area contributed by atoms with E-state index >= 15 is 0 Å². The summed E-state index contributed by atoms with van der Waals surface area (Å²) in [4.78, 5) is 30.1. The highest BCUT2D eigenvalue weighted by atomic mass is 16.6. The Hall–Kier alpha value is -2.75. The van der Waals surface area contributed by atoms with Gasteiger partial charge in [0.05, 0.1) is 0 Å². The summed E-state index contributed by atoms with van der Waals surface area (Å²) in [6, 6.07) is 17.7. The fraction of sp³-hybridized carbons (Fsp3) is 0.348. The van der Waals surface area contributed by atoms with Crippen molar-refractivity contribution in [3.63, 3.8) is 0 Å². The molecule has 2 atom stereocenters. The van der Waals surface area contributed by atoms with Gasteiger partial charge in [-0.15, -0.1) is 0 Å². The molecule has 0 spiro atoms. The second-order valence-electron chi connectivity index (χ2n) is 7.59. The second-order valence-corrected chi connectivity index (χ2v) is 7.59. The predicted octanol–water partition coefficient (Wildman–Crippen LogP) is 4.04. The maximum absolute atomic E-state index is 13.1. The highest BCUT2D eigenvalue weighted by Gasteiger charge is 2.52. The van der Waals surface area contributed by atoms with Crippen molar-refractivity contribution in [2.45, 2.75) is 44.6 Å². The van der Waals surface area contributed by atoms with Gasteiger partial charge in [-0.1, -0.05) is 48.0 Å². The summed E-state index contributed by atoms with van der Waals surface area (Å²) in [6.45, 7) is 2.01. The Kier molecular flexibility index (Phi) is 4.65. The van der Waals surface area contributed by atoms with E-state index in [9.17, 15) is 9.59 Å². The molecule has 4 heteroatoms. The zero-order valence-corrected chi connectivity index (χ0v) is 15.5. The molecule has 1 heterocycles. The van der Waals surface area contributed by atoms with Gasteiger partial charge < -0.3 is 4.74 Å². The zero-order valence-electron chi connectivity index (χ0n) is 15.5. The molecule has 2 aromatic carbocycles. The monoisotopic (exact) mass is 361 g/mol. The Bertz CT molecular complexity index is 886. The van der Waals surface area contributed by atoms with Crippen LogP contribution in [0.15, 0.2) is 59.6 Å². The third-order valence-corrected chi connectivity index (χ3v) is 5.62. The van der Waals surface area contributed by atoms with Crippen molar-refractivity contribution in [2.75, 3.05) is 0 Å². The molecule has 2 aromatic rings. The number of ketones is 1. The Labute approximate surface area is 159 Å². The first kappa shape index (κ1) is 17.7. The summed E-state index contributed by atoms with van der Waals surface area (Å²) < 4.78 is 5.66. The molecule has 0 aromatic heterocycles. The van der Waals surface area contributed by atoms with E-state index in [1.165, 1.54) is 0 Å². The van der Waals surface area contributed by atoms with E-state index in [4.69, 9.17) is 9.73 Å². The van der Waals surface area contributed by atoms with Crippen LogP contribution in [0, 0.1) is 12.8 Å². The number of esters is 1. The number of benzene rings is 2. The Balaban J connectivity index is 1.75. The molecule has 1 aliphatic heterocycles. The van der Waals surface area contributed by atoms with Gasteiger partial charge in [-0.3, -0.25) is 4.79 Å². The lowest BCUT2D eigenvalue weighted by molar-refractivity contribution is -0.142. The average molecular weight is 361 g/mol. The largest absolute Gasteiger partial charge is 0.405 e. The summed E-state index contributed by atoms with van der Waals surface area (Å²) >= 11 is 0. The Morgan fingerprint density at radius 1 is 1.07 bits per heavy atom. The summed E-state index contributed by atoms with van der Waals surface area (Å²) in [5.41, 5.74) is 1.95. The van der Waals surface area contributed by atoms with Crippen molar-refractivity contribution in [3.8, 4) is 0 Å². The third-order valence-electron chi connectivity index (χ3n) is 5.62. The second kappa shape index (κ2) is 7.10. The van der Waals surface area contributed by atoms with Crippen molar-refractivity contribution >= 4 is 17.7 Å². The Morgan fingerprint density at radius 3 is 2.52 bits per heavy atom. The van der Waals surface area contributed by atoms with Crippen LogP contribution < -0.4 is 0 Å². The summed E-state index contributed by atoms with van der Waals surface area (Å²) in [7, 11) is 0. The van der Waals surface area contributed by atoms with Gasteiger partial charge in [0.2, 0.25) is 5.90 Å². The number of hydrogen-bond donors (Lipinski definition) is 0. The SMILES string of the molecule is Cc1ccc(C2=N[C@](Cc3ccccc3)([C@H]3CCCC(=O)C3)C(=O)O2)cc1. The highest BCUT2D eigenvalue weighted by molar-refractivity contribution is 6.08. The fourth-order valence-electron chi connectivity index (χ4n) is 4.10. The standard InChI is InChI=1S/C23H23NO3/c1-16-10-12-18(13-11-16)21-24-23(22(26)27-21,15-17-6-3-2-4-7-17)19-8-5-9-20(25)14-19/h2-4,6-7,10-13,19H,5,8-9,14-15H2,1H3/t19-,23+/m0/s1. The van der Waals surface area contributed by atoms with Crippen LogP contribution in [0.2, 0.25) is 0 Å². The molecular weight excluding hydrogens is 338 g/mol. The zero-order chi connectivity index (χ0) is 18.9. The van der Waals surface area contributed by atoms with Crippen molar-refractivity contribution in [3.05, 3.63) is 71.3 Å². The third kappa shape index (κ3) is 3.44. The van der Waals surface area contributed by atoms with Crippen LogP contribution in [-0.4, -0.2) is 23.2 Å². The van der Waals surface area contributed by atoms with Gasteiger partial charge in [-0.05, 0) is 37.5 Å². The van der Waals surface area contributed by atoms with E-state index < -0.39 is 5.54 Å². The maximum atomic E-state index is 13.1. The molecule has 4 rings (SSSR count). The van der Waals surface area contributed by atoms with E-state index in [0.29, 0.717) is 25.2 Å². The van der Waals surface area contributed by atoms with E-state index in [2.05, 4.69) is 0 Å². The molecule has 0 saturated heterocycles. The molecule has 1 fully saturated rings. The van der Waals surface area contributed by atoms with Crippen molar-refractivity contribution in [1.82, 2.24) is 0 Å². The molecule has 0 unspecified atom stereocenters. The summed E-state index contributed by atoms with van der Waals surface area (Å²) in [5.74, 6) is 0.135. The van der Waals surface area contributed by atoms with Gasteiger partial charge in [0.1, 0.15) is 5.78 Å². The molecule has 0 bridgehead atoms. The summed E-state index contributed by atoms with van der Waals surface area (Å²) in [6.07, 6.45) is 3.08. The number of carbonyl (C=O) groups is 2. The van der Waals surface area contributed by atoms with Crippen LogP contribution in [0.3, 0.4) is 0 Å². The van der Waals surface area contributed by atoms with Gasteiger partial charge in [0.25, 0.3) is 0 Å². The van der Waals surface area contributed by atoms with E-state index in [1.54, 1.807) is 0 Å². The van der Waals surface area contributed by atoms with Gasteiger partial charge >= 0.3 is 5.97 Å². The first-order valence-electron chi connectivity index (χ1n) is 9.52. The highest BCUT2D eigenvalue weighted by Crippen LogP contribution is 2.41. The predicted molar refractivity (Wildman–Crippen MR) is 104 cm³/mol. The van der Waals surface area contributed by atoms with Crippen LogP contribution in [0.5, 0.6) is 0 Å². The van der Waals surface area contributed by atoms with E-state index in [0.717, 1.165) is 29.5 Å². The van der Waals surface area contributed by atoms with Crippen LogP contribution in [-0.2, 0) is 20.7 Å². The molecule has 138 valence electrons. The molecule has 0 radical (unpaired) electrons. The van der Waals surface area contributed by atoms with Gasteiger partial charge in [0.15, 0.2) is 5.54 Å². The minimum atomic E-state index is -1.02. The number of carbonyl (C=O) groups excluding carboxylic acids is 2. The van der Waals surface area contributed by atoms with Crippen molar-refractivity contribution in [2.24, 2.45) is 10.9 Å². The number of rotatable bonds is 4. The number of cyclic esters (lactones) is 1. The number of aliphatic imine (C=N–C) groups is 1.